The van der Waals surface area contributed by atoms with E-state index in [0.29, 0.717) is 6.41 Å². The van der Waals surface area contributed by atoms with Gasteiger partial charge < -0.3 is 10.0 Å². The van der Waals surface area contributed by atoms with Gasteiger partial charge in [-0.3, -0.25) is 9.59 Å². The van der Waals surface area contributed by atoms with Gasteiger partial charge in [0.15, 0.2) is 5.78 Å². The van der Waals surface area contributed by atoms with Gasteiger partial charge in [0, 0.05) is 6.42 Å². The van der Waals surface area contributed by atoms with Crippen LogP contribution >= 0.6 is 0 Å². The van der Waals surface area contributed by atoms with E-state index in [0.717, 1.165) is 4.90 Å². The summed E-state index contributed by atoms with van der Waals surface area (Å²) in [5.74, 6) is -1.33. The standard InChI is InChI=1S/C6H7NO4/c8-3-7-2-4(9)1-5(7)6(10)11/h3,5H,1-2H2,(H,10,11)/t5-/m0/s1. The summed E-state index contributed by atoms with van der Waals surface area (Å²) in [5, 5.41) is 8.48. The molecule has 1 fully saturated rings. The van der Waals surface area contributed by atoms with Crippen molar-refractivity contribution in [2.45, 2.75) is 12.5 Å². The second-order valence-electron chi connectivity index (χ2n) is 2.37. The quantitative estimate of drug-likeness (QED) is 0.515. The van der Waals surface area contributed by atoms with Crippen molar-refractivity contribution in [1.29, 1.82) is 0 Å². The van der Waals surface area contributed by atoms with Gasteiger partial charge in [0.25, 0.3) is 0 Å². The Morgan fingerprint density at radius 1 is 1.73 bits per heavy atom. The Labute approximate surface area is 62.6 Å². The summed E-state index contributed by atoms with van der Waals surface area (Å²) in [6.45, 7) is -0.0690. The zero-order chi connectivity index (χ0) is 8.43. The number of likely N-dealkylation sites (tertiary alicyclic amines) is 1. The highest BCUT2D eigenvalue weighted by Crippen LogP contribution is 2.11. The summed E-state index contributed by atoms with van der Waals surface area (Å²) in [6, 6.07) is -0.944. The lowest BCUT2D eigenvalue weighted by Gasteiger charge is -2.12. The average molecular weight is 157 g/mol. The fourth-order valence-electron chi connectivity index (χ4n) is 1.05. The number of rotatable bonds is 2. The number of carbonyl (C=O) groups is 3. The van der Waals surface area contributed by atoms with Crippen LogP contribution in [-0.2, 0) is 14.4 Å². The molecule has 1 amide bonds. The predicted octanol–water partition coefficient (Wildman–Crippen LogP) is -1.13. The van der Waals surface area contributed by atoms with E-state index < -0.39 is 12.0 Å². The Morgan fingerprint density at radius 2 is 2.36 bits per heavy atom. The van der Waals surface area contributed by atoms with Crippen LogP contribution in [0.1, 0.15) is 6.42 Å². The Hall–Kier alpha value is -1.39. The third kappa shape index (κ3) is 1.36. The number of Topliss-reactive ketones (excluding diaryl/α,β-unsaturated/α-hetero) is 1. The molecule has 0 unspecified atom stereocenters. The summed E-state index contributed by atoms with van der Waals surface area (Å²) in [7, 11) is 0. The summed E-state index contributed by atoms with van der Waals surface area (Å²) < 4.78 is 0. The molecule has 0 aromatic heterocycles. The van der Waals surface area contributed by atoms with E-state index in [-0.39, 0.29) is 18.7 Å². The first kappa shape index (κ1) is 7.71. The third-order valence-corrected chi connectivity index (χ3v) is 1.60. The molecule has 0 radical (unpaired) electrons. The van der Waals surface area contributed by atoms with Crippen LogP contribution in [0.15, 0.2) is 0 Å². The first-order valence-electron chi connectivity index (χ1n) is 3.10. The molecule has 0 bridgehead atoms. The lowest BCUT2D eigenvalue weighted by atomic mass is 10.2. The van der Waals surface area contributed by atoms with Crippen molar-refractivity contribution in [3.63, 3.8) is 0 Å². The highest BCUT2D eigenvalue weighted by Gasteiger charge is 2.34. The largest absolute Gasteiger partial charge is 0.480 e. The number of ketones is 1. The van der Waals surface area contributed by atoms with E-state index in [1.54, 1.807) is 0 Å². The van der Waals surface area contributed by atoms with Crippen molar-refractivity contribution in [2.75, 3.05) is 6.54 Å². The van der Waals surface area contributed by atoms with E-state index in [1.807, 2.05) is 0 Å². The maximum atomic E-state index is 10.7. The molecule has 5 heteroatoms. The Kier molecular flexibility index (Phi) is 1.89. The maximum Gasteiger partial charge on any atom is 0.326 e. The van der Waals surface area contributed by atoms with E-state index in [2.05, 4.69) is 0 Å². The molecule has 0 aromatic carbocycles. The summed E-state index contributed by atoms with van der Waals surface area (Å²) in [6.07, 6.45) is 0.331. The smallest absolute Gasteiger partial charge is 0.326 e. The third-order valence-electron chi connectivity index (χ3n) is 1.60. The predicted molar refractivity (Wildman–Crippen MR) is 33.8 cm³/mol. The first-order chi connectivity index (χ1) is 5.15. The van der Waals surface area contributed by atoms with Crippen LogP contribution in [0.25, 0.3) is 0 Å². The van der Waals surface area contributed by atoms with Gasteiger partial charge in [-0.25, -0.2) is 4.79 Å². The van der Waals surface area contributed by atoms with Crippen molar-refractivity contribution in [3.05, 3.63) is 0 Å². The fourth-order valence-corrected chi connectivity index (χ4v) is 1.05. The van der Waals surface area contributed by atoms with E-state index in [9.17, 15) is 14.4 Å². The van der Waals surface area contributed by atoms with Crippen LogP contribution in [0, 0.1) is 0 Å². The Morgan fingerprint density at radius 3 is 2.73 bits per heavy atom. The molecule has 0 aromatic rings. The molecule has 60 valence electrons. The second-order valence-corrected chi connectivity index (χ2v) is 2.37. The van der Waals surface area contributed by atoms with Gasteiger partial charge in [0.05, 0.1) is 6.54 Å². The molecule has 1 aliphatic rings. The van der Waals surface area contributed by atoms with Crippen molar-refractivity contribution in [1.82, 2.24) is 4.90 Å². The Balaban J connectivity index is 2.72. The zero-order valence-electron chi connectivity index (χ0n) is 5.69. The van der Waals surface area contributed by atoms with Crippen molar-refractivity contribution in [3.8, 4) is 0 Å². The van der Waals surface area contributed by atoms with Crippen molar-refractivity contribution < 1.29 is 19.5 Å². The number of carboxylic acids is 1. The van der Waals surface area contributed by atoms with Crippen LogP contribution < -0.4 is 0 Å². The normalized spacial score (nSPS) is 23.8. The Bertz CT molecular complexity index is 213. The minimum atomic E-state index is -1.12. The van der Waals surface area contributed by atoms with Crippen LogP contribution in [0.4, 0.5) is 0 Å². The summed E-state index contributed by atoms with van der Waals surface area (Å²) >= 11 is 0. The van der Waals surface area contributed by atoms with Gasteiger partial charge >= 0.3 is 5.97 Å². The van der Waals surface area contributed by atoms with E-state index in [1.165, 1.54) is 0 Å². The lowest BCUT2D eigenvalue weighted by molar-refractivity contribution is -0.144. The minimum Gasteiger partial charge on any atom is -0.480 e. The molecule has 0 aliphatic carbocycles. The van der Waals surface area contributed by atoms with Crippen molar-refractivity contribution >= 4 is 18.2 Å². The highest BCUT2D eigenvalue weighted by molar-refractivity contribution is 5.93. The molecule has 1 atom stereocenters. The average Bonchev–Trinajstić information content (AvgIpc) is 2.30. The van der Waals surface area contributed by atoms with Gasteiger partial charge in [0.1, 0.15) is 6.04 Å². The molecule has 1 rings (SSSR count). The van der Waals surface area contributed by atoms with Gasteiger partial charge in [0.2, 0.25) is 6.41 Å². The second kappa shape index (κ2) is 2.69. The van der Waals surface area contributed by atoms with Crippen LogP contribution in [0.3, 0.4) is 0 Å². The molecule has 11 heavy (non-hydrogen) atoms. The number of nitrogens with zero attached hydrogens (tertiary/aromatic N) is 1. The topological polar surface area (TPSA) is 74.7 Å². The number of hydrogen-bond acceptors (Lipinski definition) is 3. The number of hydrogen-bond donors (Lipinski definition) is 1. The van der Waals surface area contributed by atoms with Crippen LogP contribution in [0.5, 0.6) is 0 Å². The molecule has 5 nitrogen and oxygen atoms in total. The van der Waals surface area contributed by atoms with Gasteiger partial charge in [-0.05, 0) is 0 Å². The van der Waals surface area contributed by atoms with Gasteiger partial charge in [-0.2, -0.15) is 0 Å². The maximum absolute atomic E-state index is 10.7. The van der Waals surface area contributed by atoms with E-state index >= 15 is 0 Å². The molecule has 1 N–H and O–H groups in total. The van der Waals surface area contributed by atoms with E-state index in [4.69, 9.17) is 5.11 Å². The fraction of sp³-hybridized carbons (Fsp3) is 0.500. The van der Waals surface area contributed by atoms with Crippen LogP contribution in [0.2, 0.25) is 0 Å². The molecule has 1 heterocycles. The molecule has 1 aliphatic heterocycles. The summed E-state index contributed by atoms with van der Waals surface area (Å²) in [5.41, 5.74) is 0. The zero-order valence-corrected chi connectivity index (χ0v) is 5.69. The monoisotopic (exact) mass is 157 g/mol. The number of aliphatic carboxylic acids is 1. The number of carboxylic acid groups (broad SMARTS) is 1. The summed E-state index contributed by atoms with van der Waals surface area (Å²) in [4.78, 5) is 32.2. The molecular formula is C6H7NO4. The first-order valence-corrected chi connectivity index (χ1v) is 3.10. The SMILES string of the molecule is O=CN1CC(=O)C[C@H]1C(=O)O. The molecular weight excluding hydrogens is 150 g/mol. The molecule has 1 saturated heterocycles. The highest BCUT2D eigenvalue weighted by atomic mass is 16.4. The number of amides is 1. The minimum absolute atomic E-state index is 0.0614. The molecule has 0 spiro atoms. The number of carbonyl (C=O) groups excluding carboxylic acids is 2. The lowest BCUT2D eigenvalue weighted by Crippen LogP contribution is -2.34. The van der Waals surface area contributed by atoms with Crippen molar-refractivity contribution in [2.24, 2.45) is 0 Å². The molecule has 0 saturated carbocycles. The van der Waals surface area contributed by atoms with Gasteiger partial charge in [-0.1, -0.05) is 0 Å². The van der Waals surface area contributed by atoms with Crippen LogP contribution in [-0.4, -0.2) is 40.8 Å². The van der Waals surface area contributed by atoms with Gasteiger partial charge in [-0.15, -0.1) is 0 Å².